The van der Waals surface area contributed by atoms with Gasteiger partial charge in [0.2, 0.25) is 0 Å². The molecule has 0 N–H and O–H groups in total. The SMILES string of the molecule is CN(Cc1cccnc1)CC1CCN(Cc2ccc(C#N)s2)C1. The fraction of sp³-hybridized carbons (Fsp3) is 0.444. The van der Waals surface area contributed by atoms with Crippen LogP contribution in [0.4, 0.5) is 0 Å². The van der Waals surface area contributed by atoms with E-state index in [0.717, 1.165) is 43.5 Å². The van der Waals surface area contributed by atoms with E-state index in [1.54, 1.807) is 11.3 Å². The van der Waals surface area contributed by atoms with Gasteiger partial charge < -0.3 is 4.90 Å². The van der Waals surface area contributed by atoms with E-state index in [4.69, 9.17) is 5.26 Å². The van der Waals surface area contributed by atoms with Gasteiger partial charge in [0.05, 0.1) is 0 Å². The lowest BCUT2D eigenvalue weighted by molar-refractivity contribution is 0.255. The molecule has 3 heterocycles. The molecular formula is C18H22N4S. The molecule has 0 aliphatic carbocycles. The number of rotatable bonds is 6. The Bertz CT molecular complexity index is 661. The van der Waals surface area contributed by atoms with Crippen LogP contribution in [0.1, 0.15) is 21.7 Å². The largest absolute Gasteiger partial charge is 0.302 e. The zero-order valence-electron chi connectivity index (χ0n) is 13.5. The first kappa shape index (κ1) is 16.1. The van der Waals surface area contributed by atoms with Crippen LogP contribution in [0.3, 0.4) is 0 Å². The van der Waals surface area contributed by atoms with Gasteiger partial charge in [0.25, 0.3) is 0 Å². The average Bonchev–Trinajstić information content (AvgIpc) is 3.18. The van der Waals surface area contributed by atoms with Crippen LogP contribution in [-0.2, 0) is 13.1 Å². The van der Waals surface area contributed by atoms with Gasteiger partial charge in [0.1, 0.15) is 10.9 Å². The first-order valence-corrected chi connectivity index (χ1v) is 8.83. The normalized spacial score (nSPS) is 18.4. The third kappa shape index (κ3) is 4.61. The highest BCUT2D eigenvalue weighted by Crippen LogP contribution is 2.23. The third-order valence-corrected chi connectivity index (χ3v) is 5.24. The first-order valence-electron chi connectivity index (χ1n) is 8.01. The number of thiophene rings is 1. The van der Waals surface area contributed by atoms with Crippen molar-refractivity contribution in [2.45, 2.75) is 19.5 Å². The highest BCUT2D eigenvalue weighted by atomic mass is 32.1. The maximum Gasteiger partial charge on any atom is 0.110 e. The molecule has 2 aromatic rings. The highest BCUT2D eigenvalue weighted by molar-refractivity contribution is 7.12. The predicted molar refractivity (Wildman–Crippen MR) is 93.0 cm³/mol. The summed E-state index contributed by atoms with van der Waals surface area (Å²) in [4.78, 5) is 11.2. The summed E-state index contributed by atoms with van der Waals surface area (Å²) in [7, 11) is 2.19. The molecule has 1 unspecified atom stereocenters. The Hall–Kier alpha value is -1.74. The molecule has 1 atom stereocenters. The minimum Gasteiger partial charge on any atom is -0.302 e. The molecule has 0 amide bonds. The van der Waals surface area contributed by atoms with Gasteiger partial charge in [-0.2, -0.15) is 5.26 Å². The maximum atomic E-state index is 8.91. The van der Waals surface area contributed by atoms with Gasteiger partial charge in [-0.25, -0.2) is 0 Å². The Kier molecular flexibility index (Phi) is 5.39. The Labute approximate surface area is 142 Å². The van der Waals surface area contributed by atoms with E-state index in [1.807, 2.05) is 24.5 Å². The second kappa shape index (κ2) is 7.69. The van der Waals surface area contributed by atoms with Crippen LogP contribution in [0.25, 0.3) is 0 Å². The number of nitrogens with zero attached hydrogens (tertiary/aromatic N) is 4. The van der Waals surface area contributed by atoms with E-state index in [-0.39, 0.29) is 0 Å². The quantitative estimate of drug-likeness (QED) is 0.818. The second-order valence-electron chi connectivity index (χ2n) is 6.33. The summed E-state index contributed by atoms with van der Waals surface area (Å²) in [5.74, 6) is 0.729. The number of likely N-dealkylation sites (tertiary alicyclic amines) is 1. The molecule has 23 heavy (non-hydrogen) atoms. The Morgan fingerprint density at radius 2 is 2.35 bits per heavy atom. The smallest absolute Gasteiger partial charge is 0.110 e. The van der Waals surface area contributed by atoms with Gasteiger partial charge in [0, 0.05) is 43.4 Å². The number of hydrogen-bond acceptors (Lipinski definition) is 5. The zero-order chi connectivity index (χ0) is 16.1. The van der Waals surface area contributed by atoms with Crippen molar-refractivity contribution in [2.24, 2.45) is 5.92 Å². The van der Waals surface area contributed by atoms with Crippen LogP contribution in [0.15, 0.2) is 36.7 Å². The van der Waals surface area contributed by atoms with Crippen LogP contribution in [0, 0.1) is 17.2 Å². The summed E-state index contributed by atoms with van der Waals surface area (Å²) >= 11 is 1.62. The van der Waals surface area contributed by atoms with Crippen molar-refractivity contribution in [1.29, 1.82) is 5.26 Å². The van der Waals surface area contributed by atoms with Crippen molar-refractivity contribution in [2.75, 3.05) is 26.7 Å². The van der Waals surface area contributed by atoms with Gasteiger partial charge >= 0.3 is 0 Å². The fourth-order valence-corrected chi connectivity index (χ4v) is 4.10. The minimum atomic E-state index is 0.729. The van der Waals surface area contributed by atoms with Crippen molar-refractivity contribution in [3.8, 4) is 6.07 Å². The minimum absolute atomic E-state index is 0.729. The molecule has 1 aliphatic heterocycles. The monoisotopic (exact) mass is 326 g/mol. The molecule has 1 fully saturated rings. The third-order valence-electron chi connectivity index (χ3n) is 4.27. The van der Waals surface area contributed by atoms with Gasteiger partial charge in [-0.05, 0) is 49.7 Å². The molecule has 0 spiro atoms. The zero-order valence-corrected chi connectivity index (χ0v) is 14.3. The fourth-order valence-electron chi connectivity index (χ4n) is 3.26. The Balaban J connectivity index is 1.45. The van der Waals surface area contributed by atoms with E-state index in [2.05, 4.69) is 40.0 Å². The lowest BCUT2D eigenvalue weighted by atomic mass is 10.1. The highest BCUT2D eigenvalue weighted by Gasteiger charge is 2.23. The lowest BCUT2D eigenvalue weighted by Gasteiger charge is -2.21. The molecule has 5 heteroatoms. The summed E-state index contributed by atoms with van der Waals surface area (Å²) in [5.41, 5.74) is 1.27. The molecule has 0 radical (unpaired) electrons. The second-order valence-corrected chi connectivity index (χ2v) is 7.49. The molecule has 2 aromatic heterocycles. The molecule has 3 rings (SSSR count). The van der Waals surface area contributed by atoms with Gasteiger partial charge in [-0.15, -0.1) is 11.3 Å². The van der Waals surface area contributed by atoms with Crippen molar-refractivity contribution in [3.05, 3.63) is 52.0 Å². The molecule has 1 saturated heterocycles. The molecular weight excluding hydrogens is 304 g/mol. The summed E-state index contributed by atoms with van der Waals surface area (Å²) in [6, 6.07) is 10.4. The van der Waals surface area contributed by atoms with E-state index in [1.165, 1.54) is 16.9 Å². The summed E-state index contributed by atoms with van der Waals surface area (Å²) in [6.45, 7) is 5.37. The van der Waals surface area contributed by atoms with E-state index < -0.39 is 0 Å². The molecule has 0 bridgehead atoms. The predicted octanol–water partition coefficient (Wildman–Crippen LogP) is 2.97. The van der Waals surface area contributed by atoms with Crippen molar-refractivity contribution < 1.29 is 0 Å². The maximum absolute atomic E-state index is 8.91. The van der Waals surface area contributed by atoms with Crippen LogP contribution < -0.4 is 0 Å². The van der Waals surface area contributed by atoms with E-state index >= 15 is 0 Å². The van der Waals surface area contributed by atoms with Gasteiger partial charge in [-0.1, -0.05) is 6.07 Å². The molecule has 0 saturated carbocycles. The Morgan fingerprint density at radius 1 is 1.43 bits per heavy atom. The van der Waals surface area contributed by atoms with Gasteiger partial charge in [0.15, 0.2) is 0 Å². The molecule has 120 valence electrons. The van der Waals surface area contributed by atoms with Crippen LogP contribution >= 0.6 is 11.3 Å². The Morgan fingerprint density at radius 3 is 3.09 bits per heavy atom. The van der Waals surface area contributed by atoms with Crippen molar-refractivity contribution in [3.63, 3.8) is 0 Å². The average molecular weight is 326 g/mol. The summed E-state index contributed by atoms with van der Waals surface area (Å²) in [6.07, 6.45) is 5.02. The number of nitriles is 1. The van der Waals surface area contributed by atoms with E-state index in [0.29, 0.717) is 0 Å². The molecule has 4 nitrogen and oxygen atoms in total. The van der Waals surface area contributed by atoms with Crippen molar-refractivity contribution in [1.82, 2.24) is 14.8 Å². The number of hydrogen-bond donors (Lipinski definition) is 0. The van der Waals surface area contributed by atoms with Crippen molar-refractivity contribution >= 4 is 11.3 Å². The summed E-state index contributed by atoms with van der Waals surface area (Å²) in [5, 5.41) is 8.91. The van der Waals surface area contributed by atoms with E-state index in [9.17, 15) is 0 Å². The number of pyridine rings is 1. The standard InChI is InChI=1S/C18H22N4S/c1-21(11-15-3-2-7-20-10-15)12-16-6-8-22(13-16)14-18-5-4-17(9-19)23-18/h2-5,7,10,16H,6,8,11-14H2,1H3. The van der Waals surface area contributed by atoms with Gasteiger partial charge in [-0.3, -0.25) is 9.88 Å². The molecule has 1 aliphatic rings. The van der Waals surface area contributed by atoms with Crippen LogP contribution in [-0.4, -0.2) is 41.5 Å². The van der Waals surface area contributed by atoms with Crippen LogP contribution in [0.2, 0.25) is 0 Å². The van der Waals surface area contributed by atoms with Crippen LogP contribution in [0.5, 0.6) is 0 Å². The topological polar surface area (TPSA) is 43.2 Å². The first-order chi connectivity index (χ1) is 11.2. The summed E-state index contributed by atoms with van der Waals surface area (Å²) < 4.78 is 0. The number of aromatic nitrogens is 1. The lowest BCUT2D eigenvalue weighted by Crippen LogP contribution is -2.27. The molecule has 0 aromatic carbocycles.